The Kier molecular flexibility index (Phi) is 4.45. The second-order valence-corrected chi connectivity index (χ2v) is 6.75. The van der Waals surface area contributed by atoms with Crippen molar-refractivity contribution in [2.24, 2.45) is 0 Å². The van der Waals surface area contributed by atoms with Crippen molar-refractivity contribution in [3.05, 3.63) is 41.6 Å². The molecule has 1 saturated heterocycles. The van der Waals surface area contributed by atoms with Gasteiger partial charge in [-0.3, -0.25) is 4.98 Å². The third-order valence-electron chi connectivity index (χ3n) is 4.93. The number of nitrogens with zero attached hydrogens (tertiary/aromatic N) is 4. The van der Waals surface area contributed by atoms with Gasteiger partial charge in [0.2, 0.25) is 0 Å². The highest BCUT2D eigenvalue weighted by molar-refractivity contribution is 6.45. The van der Waals surface area contributed by atoms with Crippen LogP contribution in [-0.2, 0) is 4.74 Å². The Morgan fingerprint density at radius 2 is 2.08 bits per heavy atom. The van der Waals surface area contributed by atoms with E-state index in [0.717, 1.165) is 60.8 Å². The molecular weight excluding hydrogens is 315 g/mol. The van der Waals surface area contributed by atoms with E-state index in [1.807, 2.05) is 11.0 Å². The lowest BCUT2D eigenvalue weighted by Gasteiger charge is -2.28. The molecule has 2 aliphatic heterocycles. The number of rotatable bonds is 3. The largest absolute Gasteiger partial charge is 0.437 e. The molecule has 1 N–H and O–H groups in total. The molecule has 0 radical (unpaired) electrons. The molecule has 1 aromatic heterocycles. The van der Waals surface area contributed by atoms with Gasteiger partial charge in [0.15, 0.2) is 0 Å². The lowest BCUT2D eigenvalue weighted by atomic mass is 9.82. The summed E-state index contributed by atoms with van der Waals surface area (Å²) in [4.78, 5) is 13.9. The molecule has 130 valence electrons. The second-order valence-electron chi connectivity index (χ2n) is 6.75. The minimum Gasteiger partial charge on any atom is -0.437 e. The summed E-state index contributed by atoms with van der Waals surface area (Å²) < 4.78 is 5.42. The maximum atomic E-state index is 10.1. The summed E-state index contributed by atoms with van der Waals surface area (Å²) in [6.45, 7) is 7.79. The molecule has 1 aromatic carbocycles. The van der Waals surface area contributed by atoms with Crippen LogP contribution in [0.3, 0.4) is 0 Å². The Hall–Kier alpha value is -1.96. The maximum Gasteiger partial charge on any atom is 0.377 e. The third kappa shape index (κ3) is 3.15. The van der Waals surface area contributed by atoms with Crippen LogP contribution in [-0.4, -0.2) is 59.7 Å². The van der Waals surface area contributed by atoms with Gasteiger partial charge in [-0.1, -0.05) is 18.2 Å². The molecule has 0 bridgehead atoms. The predicted molar refractivity (Wildman–Crippen MR) is 99.7 cm³/mol. The highest BCUT2D eigenvalue weighted by atomic mass is 16.5. The molecule has 2 aliphatic rings. The molecule has 3 heterocycles. The van der Waals surface area contributed by atoms with Gasteiger partial charge in [-0.25, -0.2) is 4.98 Å². The molecule has 0 amide bonds. The van der Waals surface area contributed by atoms with Crippen LogP contribution in [0.1, 0.15) is 17.2 Å². The minimum atomic E-state index is -0.504. The van der Waals surface area contributed by atoms with E-state index >= 15 is 0 Å². The Morgan fingerprint density at radius 3 is 2.84 bits per heavy atom. The predicted octanol–water partition coefficient (Wildman–Crippen LogP) is 1.80. The fourth-order valence-electron chi connectivity index (χ4n) is 3.66. The van der Waals surface area contributed by atoms with E-state index in [2.05, 4.69) is 36.1 Å². The molecular formula is C18H23BN4O2. The van der Waals surface area contributed by atoms with Gasteiger partial charge in [-0.2, -0.15) is 0 Å². The van der Waals surface area contributed by atoms with Gasteiger partial charge in [-0.05, 0) is 25.4 Å². The molecule has 0 saturated carbocycles. The van der Waals surface area contributed by atoms with Gasteiger partial charge < -0.3 is 19.5 Å². The monoisotopic (exact) mass is 338 g/mol. The SMILES string of the molecule is CB(O)N1CC=CC1c1cc(C)cc2nc(N3CCOCC3)cnc12. The number of hydrogen-bond acceptors (Lipinski definition) is 6. The lowest BCUT2D eigenvalue weighted by molar-refractivity contribution is 0.122. The molecule has 0 aliphatic carbocycles. The molecule has 6 nitrogen and oxygen atoms in total. The van der Waals surface area contributed by atoms with Crippen molar-refractivity contribution in [3.8, 4) is 0 Å². The van der Waals surface area contributed by atoms with Gasteiger partial charge in [-0.15, -0.1) is 0 Å². The number of aryl methyl sites for hydroxylation is 1. The number of anilines is 1. The number of fused-ring (bicyclic) bond motifs is 1. The molecule has 1 fully saturated rings. The fourth-order valence-corrected chi connectivity index (χ4v) is 3.66. The van der Waals surface area contributed by atoms with Gasteiger partial charge in [0.1, 0.15) is 5.82 Å². The van der Waals surface area contributed by atoms with Crippen LogP contribution in [0.15, 0.2) is 30.5 Å². The zero-order valence-corrected chi connectivity index (χ0v) is 14.7. The number of benzene rings is 1. The standard InChI is InChI=1S/C18H23BN4O2/c1-13-10-14(16-4-3-5-23(16)19(2)24)18-15(11-13)21-17(12-20-18)22-6-8-25-9-7-22/h3-4,10-12,16,24H,5-9H2,1-2H3. The smallest absolute Gasteiger partial charge is 0.377 e. The van der Waals surface area contributed by atoms with Crippen molar-refractivity contribution in [3.63, 3.8) is 0 Å². The number of morpholine rings is 1. The van der Waals surface area contributed by atoms with Crippen molar-refractivity contribution in [1.29, 1.82) is 0 Å². The Bertz CT molecular complexity index is 805. The number of aromatic nitrogens is 2. The zero-order valence-electron chi connectivity index (χ0n) is 14.7. The average molecular weight is 338 g/mol. The van der Waals surface area contributed by atoms with E-state index in [4.69, 9.17) is 14.7 Å². The topological polar surface area (TPSA) is 61.7 Å². The summed E-state index contributed by atoms with van der Waals surface area (Å²) in [5, 5.41) is 10.1. The Labute approximate surface area is 148 Å². The average Bonchev–Trinajstić information content (AvgIpc) is 3.11. The number of ether oxygens (including phenoxy) is 1. The van der Waals surface area contributed by atoms with Crippen LogP contribution in [0.4, 0.5) is 5.82 Å². The van der Waals surface area contributed by atoms with Gasteiger partial charge in [0.05, 0.1) is 30.4 Å². The lowest BCUT2D eigenvalue weighted by Crippen LogP contribution is -2.37. The van der Waals surface area contributed by atoms with E-state index in [-0.39, 0.29) is 6.04 Å². The first-order valence-electron chi connectivity index (χ1n) is 8.84. The zero-order chi connectivity index (χ0) is 17.4. The minimum absolute atomic E-state index is 0.0333. The highest BCUT2D eigenvalue weighted by Gasteiger charge is 2.29. The fraction of sp³-hybridized carbons (Fsp3) is 0.444. The van der Waals surface area contributed by atoms with Crippen molar-refractivity contribution in [2.75, 3.05) is 37.7 Å². The van der Waals surface area contributed by atoms with Crippen molar-refractivity contribution in [2.45, 2.75) is 19.8 Å². The normalized spacial score (nSPS) is 21.2. The van der Waals surface area contributed by atoms with E-state index < -0.39 is 7.05 Å². The highest BCUT2D eigenvalue weighted by Crippen LogP contribution is 2.32. The summed E-state index contributed by atoms with van der Waals surface area (Å²) in [5.74, 6) is 0.904. The maximum absolute atomic E-state index is 10.1. The molecule has 4 rings (SSSR count). The Balaban J connectivity index is 1.76. The van der Waals surface area contributed by atoms with Crippen LogP contribution >= 0.6 is 0 Å². The molecule has 2 aromatic rings. The number of hydrogen-bond donors (Lipinski definition) is 1. The third-order valence-corrected chi connectivity index (χ3v) is 4.93. The van der Waals surface area contributed by atoms with Crippen molar-refractivity contribution < 1.29 is 9.76 Å². The van der Waals surface area contributed by atoms with E-state index in [9.17, 15) is 5.02 Å². The van der Waals surface area contributed by atoms with Crippen molar-refractivity contribution in [1.82, 2.24) is 14.8 Å². The van der Waals surface area contributed by atoms with E-state index in [0.29, 0.717) is 0 Å². The van der Waals surface area contributed by atoms with Gasteiger partial charge in [0.25, 0.3) is 0 Å². The molecule has 1 unspecified atom stereocenters. The first-order chi connectivity index (χ1) is 12.1. The van der Waals surface area contributed by atoms with E-state index in [1.165, 1.54) is 0 Å². The van der Waals surface area contributed by atoms with Crippen LogP contribution in [0.5, 0.6) is 0 Å². The summed E-state index contributed by atoms with van der Waals surface area (Å²) in [6.07, 6.45) is 6.09. The van der Waals surface area contributed by atoms with Crippen LogP contribution in [0.2, 0.25) is 6.82 Å². The molecule has 0 spiro atoms. The van der Waals surface area contributed by atoms with Gasteiger partial charge in [0, 0.05) is 31.2 Å². The van der Waals surface area contributed by atoms with Crippen LogP contribution in [0.25, 0.3) is 11.0 Å². The second kappa shape index (κ2) is 6.75. The van der Waals surface area contributed by atoms with Crippen LogP contribution < -0.4 is 4.90 Å². The summed E-state index contributed by atoms with van der Waals surface area (Å²) >= 11 is 0. The first kappa shape index (κ1) is 16.5. The van der Waals surface area contributed by atoms with Gasteiger partial charge >= 0.3 is 7.05 Å². The van der Waals surface area contributed by atoms with Crippen molar-refractivity contribution >= 4 is 23.9 Å². The first-order valence-corrected chi connectivity index (χ1v) is 8.84. The summed E-state index contributed by atoms with van der Waals surface area (Å²) in [6, 6.07) is 4.27. The quantitative estimate of drug-likeness (QED) is 0.680. The summed E-state index contributed by atoms with van der Waals surface area (Å²) in [7, 11) is -0.504. The molecule has 25 heavy (non-hydrogen) atoms. The molecule has 7 heteroatoms. The molecule has 1 atom stereocenters. The van der Waals surface area contributed by atoms with Crippen LogP contribution in [0, 0.1) is 6.92 Å². The summed E-state index contributed by atoms with van der Waals surface area (Å²) in [5.41, 5.74) is 4.07. The Morgan fingerprint density at radius 1 is 1.28 bits per heavy atom. The van der Waals surface area contributed by atoms with E-state index in [1.54, 1.807) is 6.82 Å².